The molecule has 0 bridgehead atoms. The first-order chi connectivity index (χ1) is 11.1. The summed E-state index contributed by atoms with van der Waals surface area (Å²) < 4.78 is 27.5. The predicted octanol–water partition coefficient (Wildman–Crippen LogP) is 1.85. The lowest BCUT2D eigenvalue weighted by molar-refractivity contribution is -0.137. The first-order valence-electron chi connectivity index (χ1n) is 8.44. The van der Waals surface area contributed by atoms with Crippen molar-refractivity contribution in [3.8, 4) is 0 Å². The van der Waals surface area contributed by atoms with E-state index in [4.69, 9.17) is 0 Å². The highest BCUT2D eigenvalue weighted by atomic mass is 32.2. The third-order valence-electron chi connectivity index (χ3n) is 5.34. The monoisotopic (exact) mass is 334 g/mol. The first-order valence-corrected chi connectivity index (χ1v) is 9.88. The summed E-state index contributed by atoms with van der Waals surface area (Å²) in [5.41, 5.74) is 0. The van der Waals surface area contributed by atoms with Crippen molar-refractivity contribution in [1.29, 1.82) is 0 Å². The Hall–Kier alpha value is -1.40. The van der Waals surface area contributed by atoms with Gasteiger partial charge in [0.15, 0.2) is 0 Å². The molecule has 1 aromatic rings. The smallest absolute Gasteiger partial charge is 0.243 e. The Balaban J connectivity index is 1.59. The van der Waals surface area contributed by atoms with E-state index in [2.05, 4.69) is 0 Å². The van der Waals surface area contributed by atoms with Crippen LogP contribution in [0, 0.1) is 5.92 Å². The lowest BCUT2D eigenvalue weighted by Gasteiger charge is -2.39. The second kappa shape index (κ2) is 5.60. The van der Waals surface area contributed by atoms with Crippen molar-refractivity contribution in [3.05, 3.63) is 30.3 Å². The van der Waals surface area contributed by atoms with Crippen molar-refractivity contribution in [1.82, 2.24) is 9.21 Å². The zero-order valence-corrected chi connectivity index (χ0v) is 13.9. The molecule has 2 saturated heterocycles. The van der Waals surface area contributed by atoms with Gasteiger partial charge in [-0.1, -0.05) is 18.2 Å². The molecule has 1 amide bonds. The normalized spacial score (nSPS) is 28.9. The standard InChI is InChI=1S/C17H22N2O3S/c20-17-9-8-16-15(18(17)12-13-6-7-13)10-11-19(16)23(21,22)14-4-2-1-3-5-14/h1-5,13,15-16H,6-12H2/t15-,16-/m1/s1. The number of piperidine rings is 1. The van der Waals surface area contributed by atoms with E-state index in [0.29, 0.717) is 30.2 Å². The second-order valence-corrected chi connectivity index (χ2v) is 8.77. The molecular formula is C17H22N2O3S. The van der Waals surface area contributed by atoms with Gasteiger partial charge in [0.05, 0.1) is 4.90 Å². The van der Waals surface area contributed by atoms with Gasteiger partial charge in [-0.2, -0.15) is 4.31 Å². The van der Waals surface area contributed by atoms with Crippen LogP contribution < -0.4 is 0 Å². The predicted molar refractivity (Wildman–Crippen MR) is 86.2 cm³/mol. The van der Waals surface area contributed by atoms with E-state index >= 15 is 0 Å². The number of rotatable bonds is 4. The van der Waals surface area contributed by atoms with Crippen LogP contribution in [-0.2, 0) is 14.8 Å². The molecule has 2 heterocycles. The van der Waals surface area contributed by atoms with Crippen LogP contribution in [-0.4, -0.2) is 48.7 Å². The number of benzene rings is 1. The number of sulfonamides is 1. The van der Waals surface area contributed by atoms with Crippen molar-refractivity contribution in [2.45, 2.75) is 49.1 Å². The highest BCUT2D eigenvalue weighted by Crippen LogP contribution is 2.38. The van der Waals surface area contributed by atoms with Gasteiger partial charge in [-0.05, 0) is 43.7 Å². The largest absolute Gasteiger partial charge is 0.338 e. The van der Waals surface area contributed by atoms with Crippen LogP contribution >= 0.6 is 0 Å². The molecule has 0 aromatic heterocycles. The Kier molecular flexibility index (Phi) is 3.69. The highest BCUT2D eigenvalue weighted by Gasteiger charge is 2.48. The lowest BCUT2D eigenvalue weighted by Crippen LogP contribution is -2.53. The van der Waals surface area contributed by atoms with E-state index in [1.54, 1.807) is 28.6 Å². The number of amides is 1. The summed E-state index contributed by atoms with van der Waals surface area (Å²) in [7, 11) is -3.47. The Morgan fingerprint density at radius 1 is 1.00 bits per heavy atom. The molecule has 2 aliphatic heterocycles. The third kappa shape index (κ3) is 2.68. The highest BCUT2D eigenvalue weighted by molar-refractivity contribution is 7.89. The second-order valence-electron chi connectivity index (χ2n) is 6.88. The summed E-state index contributed by atoms with van der Waals surface area (Å²) in [6, 6.07) is 8.64. The molecule has 3 fully saturated rings. The molecule has 0 radical (unpaired) electrons. The van der Waals surface area contributed by atoms with Crippen LogP contribution in [0.2, 0.25) is 0 Å². The summed E-state index contributed by atoms with van der Waals surface area (Å²) in [4.78, 5) is 14.6. The molecule has 23 heavy (non-hydrogen) atoms. The maximum absolute atomic E-state index is 12.9. The van der Waals surface area contributed by atoms with Crippen LogP contribution in [0.25, 0.3) is 0 Å². The molecule has 0 unspecified atom stereocenters. The zero-order valence-electron chi connectivity index (χ0n) is 13.1. The van der Waals surface area contributed by atoms with Gasteiger partial charge in [-0.3, -0.25) is 4.79 Å². The fourth-order valence-corrected chi connectivity index (χ4v) is 5.67. The number of hydrogen-bond acceptors (Lipinski definition) is 3. The van der Waals surface area contributed by atoms with E-state index in [9.17, 15) is 13.2 Å². The maximum atomic E-state index is 12.9. The fraction of sp³-hybridized carbons (Fsp3) is 0.588. The summed E-state index contributed by atoms with van der Waals surface area (Å²) in [6.45, 7) is 1.33. The quantitative estimate of drug-likeness (QED) is 0.844. The molecule has 1 saturated carbocycles. The van der Waals surface area contributed by atoms with Gasteiger partial charge in [-0.25, -0.2) is 8.42 Å². The lowest BCUT2D eigenvalue weighted by atomic mass is 9.96. The summed E-state index contributed by atoms with van der Waals surface area (Å²) in [5.74, 6) is 0.842. The SMILES string of the molecule is O=C1CC[C@@H]2[C@@H](CCN2S(=O)(=O)c2ccccc2)N1CC1CC1. The van der Waals surface area contributed by atoms with Crippen LogP contribution in [0.4, 0.5) is 0 Å². The summed E-state index contributed by atoms with van der Waals surface area (Å²) in [5, 5.41) is 0. The van der Waals surface area contributed by atoms with Crippen LogP contribution in [0.3, 0.4) is 0 Å². The van der Waals surface area contributed by atoms with Crippen LogP contribution in [0.5, 0.6) is 0 Å². The van der Waals surface area contributed by atoms with Crippen molar-refractivity contribution < 1.29 is 13.2 Å². The Morgan fingerprint density at radius 3 is 2.43 bits per heavy atom. The average molecular weight is 334 g/mol. The minimum atomic E-state index is -3.47. The summed E-state index contributed by atoms with van der Waals surface area (Å²) in [6.07, 6.45) is 4.28. The van der Waals surface area contributed by atoms with Crippen LogP contribution in [0.1, 0.15) is 32.1 Å². The molecule has 1 aliphatic carbocycles. The Labute approximate surface area is 137 Å². The summed E-state index contributed by atoms with van der Waals surface area (Å²) >= 11 is 0. The Morgan fingerprint density at radius 2 is 1.74 bits per heavy atom. The molecule has 0 N–H and O–H groups in total. The van der Waals surface area contributed by atoms with Crippen molar-refractivity contribution in [2.75, 3.05) is 13.1 Å². The van der Waals surface area contributed by atoms with Gasteiger partial charge in [0.2, 0.25) is 15.9 Å². The van der Waals surface area contributed by atoms with E-state index < -0.39 is 10.0 Å². The van der Waals surface area contributed by atoms with Gasteiger partial charge in [0.1, 0.15) is 0 Å². The molecule has 6 heteroatoms. The molecule has 3 aliphatic rings. The Bertz CT molecular complexity index is 700. The number of carbonyl (C=O) groups is 1. The topological polar surface area (TPSA) is 57.7 Å². The molecular weight excluding hydrogens is 312 g/mol. The minimum Gasteiger partial charge on any atom is -0.338 e. The first kappa shape index (κ1) is 15.1. The van der Waals surface area contributed by atoms with Crippen LogP contribution in [0.15, 0.2) is 35.2 Å². The molecule has 5 nitrogen and oxygen atoms in total. The van der Waals surface area contributed by atoms with Crippen molar-refractivity contribution in [3.63, 3.8) is 0 Å². The van der Waals surface area contributed by atoms with E-state index in [1.165, 1.54) is 12.8 Å². The van der Waals surface area contributed by atoms with E-state index in [0.717, 1.165) is 13.0 Å². The number of fused-ring (bicyclic) bond motifs is 1. The van der Waals surface area contributed by atoms with Gasteiger partial charge in [0.25, 0.3) is 0 Å². The molecule has 1 aromatic carbocycles. The van der Waals surface area contributed by atoms with Crippen molar-refractivity contribution >= 4 is 15.9 Å². The molecule has 0 spiro atoms. The van der Waals surface area contributed by atoms with Gasteiger partial charge in [-0.15, -0.1) is 0 Å². The third-order valence-corrected chi connectivity index (χ3v) is 7.27. The number of likely N-dealkylation sites (tertiary alicyclic amines) is 1. The minimum absolute atomic E-state index is 0.0587. The molecule has 2 atom stereocenters. The van der Waals surface area contributed by atoms with E-state index in [-0.39, 0.29) is 18.0 Å². The van der Waals surface area contributed by atoms with Crippen molar-refractivity contribution in [2.24, 2.45) is 5.92 Å². The molecule has 4 rings (SSSR count). The fourth-order valence-electron chi connectivity index (χ4n) is 3.95. The number of hydrogen-bond donors (Lipinski definition) is 0. The average Bonchev–Trinajstić information content (AvgIpc) is 3.26. The van der Waals surface area contributed by atoms with E-state index in [1.807, 2.05) is 11.0 Å². The number of nitrogens with zero attached hydrogens (tertiary/aromatic N) is 2. The van der Waals surface area contributed by atoms with Gasteiger partial charge in [0, 0.05) is 31.6 Å². The van der Waals surface area contributed by atoms with Gasteiger partial charge < -0.3 is 4.90 Å². The van der Waals surface area contributed by atoms with Gasteiger partial charge >= 0.3 is 0 Å². The zero-order chi connectivity index (χ0) is 16.0. The number of carbonyl (C=O) groups excluding carboxylic acids is 1. The molecule has 124 valence electrons. The maximum Gasteiger partial charge on any atom is 0.243 e.